The third-order valence-electron chi connectivity index (χ3n) is 3.01. The molecule has 4 nitrogen and oxygen atoms in total. The van der Waals surface area contributed by atoms with Crippen LogP contribution in [0.5, 0.6) is 0 Å². The van der Waals surface area contributed by atoms with Crippen LogP contribution in [0, 0.1) is 0 Å². The van der Waals surface area contributed by atoms with Crippen LogP contribution in [-0.4, -0.2) is 23.7 Å². The van der Waals surface area contributed by atoms with E-state index in [2.05, 4.69) is 10.3 Å². The van der Waals surface area contributed by atoms with E-state index in [9.17, 15) is 13.2 Å². The Balaban J connectivity index is 2.14. The zero-order valence-corrected chi connectivity index (χ0v) is 10.5. The second-order valence-electron chi connectivity index (χ2n) is 4.71. The molecule has 0 saturated carbocycles. The lowest BCUT2D eigenvalue weighted by Crippen LogP contribution is -2.32. The summed E-state index contributed by atoms with van der Waals surface area (Å²) in [6.07, 6.45) is -2.86. The average Bonchev–Trinajstić information content (AvgIpc) is 2.26. The molecule has 19 heavy (non-hydrogen) atoms. The summed E-state index contributed by atoms with van der Waals surface area (Å²) in [5, 5.41) is 2.99. The lowest BCUT2D eigenvalue weighted by atomic mass is 10.0. The van der Waals surface area contributed by atoms with Gasteiger partial charge in [-0.15, -0.1) is 0 Å². The number of alkyl halides is 3. The maximum absolute atomic E-state index is 12.7. The molecule has 1 saturated heterocycles. The van der Waals surface area contributed by atoms with Gasteiger partial charge >= 0.3 is 6.18 Å². The third kappa shape index (κ3) is 3.73. The van der Waals surface area contributed by atoms with Gasteiger partial charge in [-0.1, -0.05) is 0 Å². The maximum atomic E-state index is 12.7. The molecule has 106 valence electrons. The number of ether oxygens (including phenoxy) is 1. The number of hydrogen-bond acceptors (Lipinski definition) is 4. The predicted octanol–water partition coefficient (Wildman–Crippen LogP) is 2.66. The normalized spacial score (nSPS) is 24.2. The minimum absolute atomic E-state index is 0.0548. The smallest absolute Gasteiger partial charge is 0.384 e. The molecular weight excluding hydrogens is 259 g/mol. The number of pyridine rings is 1. The van der Waals surface area contributed by atoms with Gasteiger partial charge in [0, 0.05) is 12.6 Å². The quantitative estimate of drug-likeness (QED) is 0.871. The fraction of sp³-hybridized carbons (Fsp3) is 0.583. The molecule has 1 aliphatic heterocycles. The van der Waals surface area contributed by atoms with E-state index in [0.717, 1.165) is 25.0 Å². The molecule has 2 heterocycles. The molecular formula is C12H16F3N3O. The van der Waals surface area contributed by atoms with Gasteiger partial charge in [-0.05, 0) is 31.9 Å². The van der Waals surface area contributed by atoms with E-state index in [1.54, 1.807) is 0 Å². The Morgan fingerprint density at radius 1 is 1.42 bits per heavy atom. The van der Waals surface area contributed by atoms with Gasteiger partial charge in [0.15, 0.2) is 0 Å². The summed E-state index contributed by atoms with van der Waals surface area (Å²) in [5.41, 5.74) is 4.62. The summed E-state index contributed by atoms with van der Waals surface area (Å²) in [4.78, 5) is 3.89. The van der Waals surface area contributed by atoms with Crippen molar-refractivity contribution in [1.29, 1.82) is 0 Å². The first kappa shape index (κ1) is 13.9. The van der Waals surface area contributed by atoms with Gasteiger partial charge in [-0.3, -0.25) is 0 Å². The van der Waals surface area contributed by atoms with Crippen LogP contribution in [0.1, 0.15) is 25.3 Å². The van der Waals surface area contributed by atoms with E-state index < -0.39 is 11.7 Å². The highest BCUT2D eigenvalue weighted by Crippen LogP contribution is 2.32. The van der Waals surface area contributed by atoms with Crippen LogP contribution < -0.4 is 11.1 Å². The molecule has 1 aromatic heterocycles. The molecule has 0 radical (unpaired) electrons. The Labute approximate surface area is 109 Å². The third-order valence-corrected chi connectivity index (χ3v) is 3.01. The Hall–Kier alpha value is -1.50. The van der Waals surface area contributed by atoms with Crippen LogP contribution >= 0.6 is 0 Å². The number of rotatable bonds is 2. The number of nitrogen functional groups attached to an aromatic ring is 1. The number of nitrogens with two attached hydrogens (primary N) is 1. The highest BCUT2D eigenvalue weighted by molar-refractivity contribution is 5.48. The molecule has 0 spiro atoms. The Bertz CT molecular complexity index is 450. The van der Waals surface area contributed by atoms with Crippen LogP contribution in [0.25, 0.3) is 0 Å². The SMILES string of the molecule is CC1CC(Nc2cc(C(F)(F)F)cc(N)n2)CCO1. The fourth-order valence-electron chi connectivity index (χ4n) is 2.13. The van der Waals surface area contributed by atoms with E-state index >= 15 is 0 Å². The minimum atomic E-state index is -4.42. The molecule has 1 aromatic rings. The Kier molecular flexibility index (Phi) is 3.84. The maximum Gasteiger partial charge on any atom is 0.416 e. The van der Waals surface area contributed by atoms with Crippen LogP contribution in [-0.2, 0) is 10.9 Å². The van der Waals surface area contributed by atoms with Gasteiger partial charge in [0.2, 0.25) is 0 Å². The van der Waals surface area contributed by atoms with E-state index in [1.165, 1.54) is 0 Å². The fourth-order valence-corrected chi connectivity index (χ4v) is 2.13. The van der Waals surface area contributed by atoms with Crippen molar-refractivity contribution in [1.82, 2.24) is 4.98 Å². The summed E-state index contributed by atoms with van der Waals surface area (Å²) < 4.78 is 43.4. The summed E-state index contributed by atoms with van der Waals surface area (Å²) in [6, 6.07) is 1.87. The van der Waals surface area contributed by atoms with E-state index in [0.29, 0.717) is 6.61 Å². The Morgan fingerprint density at radius 2 is 2.16 bits per heavy atom. The molecule has 7 heteroatoms. The summed E-state index contributed by atoms with van der Waals surface area (Å²) in [6.45, 7) is 2.52. The summed E-state index contributed by atoms with van der Waals surface area (Å²) in [7, 11) is 0. The van der Waals surface area contributed by atoms with Gasteiger partial charge in [-0.25, -0.2) is 4.98 Å². The molecule has 2 rings (SSSR count). The van der Waals surface area contributed by atoms with Crippen molar-refractivity contribution in [3.05, 3.63) is 17.7 Å². The largest absolute Gasteiger partial charge is 0.416 e. The monoisotopic (exact) mass is 275 g/mol. The van der Waals surface area contributed by atoms with Gasteiger partial charge in [0.1, 0.15) is 11.6 Å². The number of nitrogens with one attached hydrogen (secondary N) is 1. The summed E-state index contributed by atoms with van der Waals surface area (Å²) in [5.74, 6) is 0.0175. The highest BCUT2D eigenvalue weighted by Gasteiger charge is 2.31. The van der Waals surface area contributed by atoms with Crippen molar-refractivity contribution >= 4 is 11.6 Å². The van der Waals surface area contributed by atoms with Crippen LogP contribution in [0.2, 0.25) is 0 Å². The first-order valence-corrected chi connectivity index (χ1v) is 6.07. The second kappa shape index (κ2) is 5.24. The number of halogens is 3. The Morgan fingerprint density at radius 3 is 2.79 bits per heavy atom. The molecule has 2 atom stereocenters. The predicted molar refractivity (Wildman–Crippen MR) is 65.7 cm³/mol. The van der Waals surface area contributed by atoms with Crippen molar-refractivity contribution in [3.63, 3.8) is 0 Å². The van der Waals surface area contributed by atoms with E-state index in [1.807, 2.05) is 6.92 Å². The first-order valence-electron chi connectivity index (χ1n) is 6.07. The number of anilines is 2. The molecule has 0 amide bonds. The van der Waals surface area contributed by atoms with Crippen LogP contribution in [0.15, 0.2) is 12.1 Å². The molecule has 0 bridgehead atoms. The molecule has 3 N–H and O–H groups in total. The first-order chi connectivity index (χ1) is 8.84. The topological polar surface area (TPSA) is 60.2 Å². The lowest BCUT2D eigenvalue weighted by Gasteiger charge is -2.28. The summed E-state index contributed by atoms with van der Waals surface area (Å²) >= 11 is 0. The van der Waals surface area contributed by atoms with Crippen molar-refractivity contribution in [2.24, 2.45) is 0 Å². The van der Waals surface area contributed by atoms with Gasteiger partial charge < -0.3 is 15.8 Å². The van der Waals surface area contributed by atoms with Crippen molar-refractivity contribution in [2.45, 2.75) is 38.1 Å². The number of aromatic nitrogens is 1. The average molecular weight is 275 g/mol. The van der Waals surface area contributed by atoms with Crippen molar-refractivity contribution < 1.29 is 17.9 Å². The molecule has 1 fully saturated rings. The van der Waals surface area contributed by atoms with Gasteiger partial charge in [0.05, 0.1) is 11.7 Å². The molecule has 2 unspecified atom stereocenters. The molecule has 0 aromatic carbocycles. The van der Waals surface area contributed by atoms with Crippen molar-refractivity contribution in [2.75, 3.05) is 17.7 Å². The van der Waals surface area contributed by atoms with Gasteiger partial charge in [0.25, 0.3) is 0 Å². The van der Waals surface area contributed by atoms with Crippen LogP contribution in [0.4, 0.5) is 24.8 Å². The molecule has 1 aliphatic rings. The highest BCUT2D eigenvalue weighted by atomic mass is 19.4. The van der Waals surface area contributed by atoms with Crippen molar-refractivity contribution in [3.8, 4) is 0 Å². The minimum Gasteiger partial charge on any atom is -0.384 e. The standard InChI is InChI=1S/C12H16F3N3O/c1-7-4-9(2-3-19-7)17-11-6-8(12(13,14)15)5-10(16)18-11/h5-7,9H,2-4H2,1H3,(H3,16,17,18). The van der Waals surface area contributed by atoms with E-state index in [-0.39, 0.29) is 23.8 Å². The second-order valence-corrected chi connectivity index (χ2v) is 4.71. The number of hydrogen-bond donors (Lipinski definition) is 2. The van der Waals surface area contributed by atoms with Gasteiger partial charge in [-0.2, -0.15) is 13.2 Å². The van der Waals surface area contributed by atoms with E-state index in [4.69, 9.17) is 10.5 Å². The number of nitrogens with zero attached hydrogens (tertiary/aromatic N) is 1. The zero-order valence-electron chi connectivity index (χ0n) is 10.5. The zero-order chi connectivity index (χ0) is 14.0. The van der Waals surface area contributed by atoms with Crippen LogP contribution in [0.3, 0.4) is 0 Å². The molecule has 0 aliphatic carbocycles. The lowest BCUT2D eigenvalue weighted by molar-refractivity contribution is -0.137.